The van der Waals surface area contributed by atoms with E-state index in [2.05, 4.69) is 14.4 Å². The topological polar surface area (TPSA) is 123 Å². The SMILES string of the molecule is COC(=O)CCCS(=O)(=O)Nc1ncc(C=CC(=O)O)s1. The van der Waals surface area contributed by atoms with Crippen LogP contribution in [0.5, 0.6) is 0 Å². The maximum atomic E-state index is 11.7. The van der Waals surface area contributed by atoms with Gasteiger partial charge in [-0.1, -0.05) is 11.3 Å². The molecule has 1 aromatic heterocycles. The highest BCUT2D eigenvalue weighted by atomic mass is 32.2. The fraction of sp³-hybridized carbons (Fsp3) is 0.364. The molecule has 0 bridgehead atoms. The molecule has 1 aromatic rings. The molecule has 0 saturated heterocycles. The number of carbonyl (C=O) groups is 2. The first-order valence-corrected chi connectivity index (χ1v) is 8.23. The Balaban J connectivity index is 2.55. The van der Waals surface area contributed by atoms with Gasteiger partial charge < -0.3 is 9.84 Å². The lowest BCUT2D eigenvalue weighted by Gasteiger charge is -2.04. The van der Waals surface area contributed by atoms with Crippen molar-refractivity contribution in [1.82, 2.24) is 4.98 Å². The summed E-state index contributed by atoms with van der Waals surface area (Å²) in [6, 6.07) is 0. The number of aliphatic carboxylic acids is 1. The van der Waals surface area contributed by atoms with Gasteiger partial charge in [0.25, 0.3) is 0 Å². The van der Waals surface area contributed by atoms with E-state index in [0.29, 0.717) is 4.88 Å². The predicted molar refractivity (Wildman–Crippen MR) is 77.4 cm³/mol. The van der Waals surface area contributed by atoms with Gasteiger partial charge >= 0.3 is 11.9 Å². The second-order valence-electron chi connectivity index (χ2n) is 3.84. The van der Waals surface area contributed by atoms with Crippen molar-refractivity contribution in [3.05, 3.63) is 17.2 Å². The number of rotatable bonds is 8. The molecule has 1 rings (SSSR count). The summed E-state index contributed by atoms with van der Waals surface area (Å²) in [6.07, 6.45) is 3.76. The number of nitrogens with zero attached hydrogens (tertiary/aromatic N) is 1. The molecule has 116 valence electrons. The molecule has 0 radical (unpaired) electrons. The maximum absolute atomic E-state index is 11.7. The predicted octanol–water partition coefficient (Wildman–Crippen LogP) is 0.936. The van der Waals surface area contributed by atoms with Crippen molar-refractivity contribution in [2.45, 2.75) is 12.8 Å². The van der Waals surface area contributed by atoms with Crippen LogP contribution in [0.4, 0.5) is 5.13 Å². The third-order valence-electron chi connectivity index (χ3n) is 2.18. The van der Waals surface area contributed by atoms with Crippen LogP contribution in [0.1, 0.15) is 17.7 Å². The molecule has 21 heavy (non-hydrogen) atoms. The number of carboxylic acid groups (broad SMARTS) is 1. The van der Waals surface area contributed by atoms with Crippen molar-refractivity contribution in [3.63, 3.8) is 0 Å². The molecule has 1 heterocycles. The fourth-order valence-corrected chi connectivity index (χ4v) is 3.32. The summed E-state index contributed by atoms with van der Waals surface area (Å²) in [5, 5.41) is 8.62. The molecule has 2 N–H and O–H groups in total. The van der Waals surface area contributed by atoms with E-state index in [4.69, 9.17) is 5.11 Å². The lowest BCUT2D eigenvalue weighted by molar-refractivity contribution is -0.140. The minimum Gasteiger partial charge on any atom is -0.478 e. The molecule has 0 aliphatic heterocycles. The van der Waals surface area contributed by atoms with E-state index in [1.807, 2.05) is 0 Å². The van der Waals surface area contributed by atoms with Crippen LogP contribution in [0.25, 0.3) is 6.08 Å². The summed E-state index contributed by atoms with van der Waals surface area (Å²) in [6.45, 7) is 0. The Morgan fingerprint density at radius 2 is 2.24 bits per heavy atom. The molecule has 0 aliphatic carbocycles. The van der Waals surface area contributed by atoms with Gasteiger partial charge in [-0.05, 0) is 12.5 Å². The maximum Gasteiger partial charge on any atom is 0.328 e. The average Bonchev–Trinajstić information content (AvgIpc) is 2.82. The van der Waals surface area contributed by atoms with E-state index in [9.17, 15) is 18.0 Å². The minimum absolute atomic E-state index is 0.0158. The van der Waals surface area contributed by atoms with Gasteiger partial charge in [-0.15, -0.1) is 0 Å². The fourth-order valence-electron chi connectivity index (χ4n) is 1.26. The second kappa shape index (κ2) is 7.74. The Hall–Kier alpha value is -1.94. The molecule has 0 fully saturated rings. The Bertz CT molecular complexity index is 635. The number of anilines is 1. The third kappa shape index (κ3) is 6.86. The quantitative estimate of drug-likeness (QED) is 0.535. The zero-order chi connectivity index (χ0) is 15.9. The first-order valence-electron chi connectivity index (χ1n) is 5.76. The minimum atomic E-state index is -3.61. The summed E-state index contributed by atoms with van der Waals surface area (Å²) in [7, 11) is -2.37. The number of thiazole rings is 1. The van der Waals surface area contributed by atoms with Crippen LogP contribution in [-0.4, -0.2) is 43.3 Å². The summed E-state index contributed by atoms with van der Waals surface area (Å²) < 4.78 is 30.1. The first-order chi connectivity index (χ1) is 9.82. The molecule has 10 heteroatoms. The number of aromatic nitrogens is 1. The van der Waals surface area contributed by atoms with Crippen LogP contribution in [0.15, 0.2) is 12.3 Å². The van der Waals surface area contributed by atoms with E-state index in [-0.39, 0.29) is 23.7 Å². The lowest BCUT2D eigenvalue weighted by Crippen LogP contribution is -2.17. The average molecular weight is 334 g/mol. The van der Waals surface area contributed by atoms with Gasteiger partial charge in [-0.25, -0.2) is 18.2 Å². The Kier molecular flexibility index (Phi) is 6.31. The van der Waals surface area contributed by atoms with Crippen molar-refractivity contribution in [3.8, 4) is 0 Å². The van der Waals surface area contributed by atoms with Crippen molar-refractivity contribution in [2.24, 2.45) is 0 Å². The van der Waals surface area contributed by atoms with Gasteiger partial charge in [0.1, 0.15) is 0 Å². The zero-order valence-electron chi connectivity index (χ0n) is 11.1. The Morgan fingerprint density at radius 1 is 1.52 bits per heavy atom. The van der Waals surface area contributed by atoms with Crippen LogP contribution in [0.2, 0.25) is 0 Å². The normalized spacial score (nSPS) is 11.5. The Labute approximate surface area is 125 Å². The number of esters is 1. The van der Waals surface area contributed by atoms with Crippen molar-refractivity contribution < 1.29 is 27.9 Å². The van der Waals surface area contributed by atoms with E-state index in [1.165, 1.54) is 19.4 Å². The van der Waals surface area contributed by atoms with E-state index in [0.717, 1.165) is 17.4 Å². The zero-order valence-corrected chi connectivity index (χ0v) is 12.7. The highest BCUT2D eigenvalue weighted by Crippen LogP contribution is 2.20. The molecular formula is C11H14N2O6S2. The Morgan fingerprint density at radius 3 is 2.86 bits per heavy atom. The van der Waals surface area contributed by atoms with Crippen LogP contribution >= 0.6 is 11.3 Å². The van der Waals surface area contributed by atoms with Gasteiger partial charge in [0.15, 0.2) is 5.13 Å². The molecule has 0 aromatic carbocycles. The number of carbonyl (C=O) groups excluding carboxylic acids is 1. The second-order valence-corrected chi connectivity index (χ2v) is 6.74. The van der Waals surface area contributed by atoms with Crippen molar-refractivity contribution >= 4 is 44.5 Å². The van der Waals surface area contributed by atoms with Crippen molar-refractivity contribution in [2.75, 3.05) is 17.6 Å². The highest BCUT2D eigenvalue weighted by molar-refractivity contribution is 7.92. The van der Waals surface area contributed by atoms with Crippen LogP contribution in [0, 0.1) is 0 Å². The van der Waals surface area contributed by atoms with E-state index in [1.54, 1.807) is 0 Å². The summed E-state index contributed by atoms with van der Waals surface area (Å²) >= 11 is 1.00. The van der Waals surface area contributed by atoms with Crippen LogP contribution < -0.4 is 4.72 Å². The number of ether oxygens (including phenoxy) is 1. The van der Waals surface area contributed by atoms with Crippen LogP contribution in [-0.2, 0) is 24.3 Å². The third-order valence-corrected chi connectivity index (χ3v) is 4.52. The van der Waals surface area contributed by atoms with Gasteiger partial charge in [0.05, 0.1) is 12.9 Å². The van der Waals surface area contributed by atoms with Gasteiger partial charge in [0, 0.05) is 23.6 Å². The largest absolute Gasteiger partial charge is 0.478 e. The number of nitrogens with one attached hydrogen (secondary N) is 1. The van der Waals surface area contributed by atoms with E-state index < -0.39 is 22.0 Å². The number of hydrogen-bond acceptors (Lipinski definition) is 7. The molecule has 0 spiro atoms. The van der Waals surface area contributed by atoms with Crippen molar-refractivity contribution in [1.29, 1.82) is 0 Å². The lowest BCUT2D eigenvalue weighted by atomic mass is 10.3. The van der Waals surface area contributed by atoms with Gasteiger partial charge in [-0.2, -0.15) is 0 Å². The standard InChI is InChI=1S/C11H14N2O6S2/c1-19-10(16)3-2-6-21(17,18)13-11-12-7-8(20-11)4-5-9(14)15/h4-5,7H,2-3,6H2,1H3,(H,12,13)(H,14,15). The summed E-state index contributed by atoms with van der Waals surface area (Å²) in [5.74, 6) is -1.81. The molecule has 0 amide bonds. The van der Waals surface area contributed by atoms with Crippen LogP contribution in [0.3, 0.4) is 0 Å². The van der Waals surface area contributed by atoms with E-state index >= 15 is 0 Å². The molecule has 0 aliphatic rings. The monoisotopic (exact) mass is 334 g/mol. The molecule has 0 atom stereocenters. The number of hydrogen-bond donors (Lipinski definition) is 2. The molecule has 8 nitrogen and oxygen atoms in total. The first kappa shape index (κ1) is 17.1. The molecule has 0 saturated carbocycles. The number of methoxy groups -OCH3 is 1. The molecular weight excluding hydrogens is 320 g/mol. The van der Waals surface area contributed by atoms with Gasteiger partial charge in [0.2, 0.25) is 10.0 Å². The summed E-state index contributed by atoms with van der Waals surface area (Å²) in [5.41, 5.74) is 0. The summed E-state index contributed by atoms with van der Waals surface area (Å²) in [4.78, 5) is 25.6. The number of sulfonamides is 1. The smallest absolute Gasteiger partial charge is 0.328 e. The number of carboxylic acids is 1. The molecule has 0 unspecified atom stereocenters. The van der Waals surface area contributed by atoms with Gasteiger partial charge in [-0.3, -0.25) is 9.52 Å². The highest BCUT2D eigenvalue weighted by Gasteiger charge is 2.13.